The molecule has 0 fully saturated rings. The largest absolute Gasteiger partial charge is 0.322 e. The van der Waals surface area contributed by atoms with E-state index in [2.05, 4.69) is 21.2 Å². The lowest BCUT2D eigenvalue weighted by Gasteiger charge is -2.10. The van der Waals surface area contributed by atoms with Crippen molar-refractivity contribution in [1.82, 2.24) is 0 Å². The van der Waals surface area contributed by atoms with E-state index >= 15 is 0 Å². The molecular weight excluding hydrogens is 368 g/mol. The Balaban J connectivity index is 2.32. The Bertz CT molecular complexity index is 691. The lowest BCUT2D eigenvalue weighted by molar-refractivity contribution is 0.102. The molecule has 0 bridgehead atoms. The van der Waals surface area contributed by atoms with Crippen molar-refractivity contribution in [2.24, 2.45) is 0 Å². The number of anilines is 1. The monoisotopic (exact) mass is 375 g/mol. The maximum absolute atomic E-state index is 13.5. The summed E-state index contributed by atoms with van der Waals surface area (Å²) in [5.41, 5.74) is 1.35. The van der Waals surface area contributed by atoms with Gasteiger partial charge in [0.05, 0.1) is 15.1 Å². The second-order valence-electron chi connectivity index (χ2n) is 4.16. The van der Waals surface area contributed by atoms with Gasteiger partial charge in [0.15, 0.2) is 0 Å². The van der Waals surface area contributed by atoms with Crippen molar-refractivity contribution in [3.63, 3.8) is 0 Å². The van der Waals surface area contributed by atoms with Crippen LogP contribution in [0.25, 0.3) is 0 Å². The molecule has 6 heteroatoms. The summed E-state index contributed by atoms with van der Waals surface area (Å²) in [5.74, 6) is -0.898. The van der Waals surface area contributed by atoms with Crippen LogP contribution < -0.4 is 5.32 Å². The maximum Gasteiger partial charge on any atom is 0.257 e. The highest BCUT2D eigenvalue weighted by Crippen LogP contribution is 2.26. The minimum atomic E-state index is -0.455. The van der Waals surface area contributed by atoms with Gasteiger partial charge >= 0.3 is 0 Å². The molecule has 0 saturated carbocycles. The molecule has 0 saturated heterocycles. The fourth-order valence-electron chi connectivity index (χ4n) is 1.64. The van der Waals surface area contributed by atoms with Crippen molar-refractivity contribution in [2.45, 2.75) is 6.92 Å². The number of halogens is 4. The van der Waals surface area contributed by atoms with Gasteiger partial charge in [0.25, 0.3) is 5.91 Å². The lowest BCUT2D eigenvalue weighted by Crippen LogP contribution is -2.13. The van der Waals surface area contributed by atoms with Crippen LogP contribution >= 0.6 is 39.1 Å². The van der Waals surface area contributed by atoms with Gasteiger partial charge in [-0.15, -0.1) is 0 Å². The molecule has 0 unspecified atom stereocenters. The van der Waals surface area contributed by atoms with E-state index in [-0.39, 0.29) is 10.6 Å². The highest BCUT2D eigenvalue weighted by Gasteiger charge is 2.13. The molecular formula is C14H9BrCl2FNO. The fraction of sp³-hybridized carbons (Fsp3) is 0.0714. The van der Waals surface area contributed by atoms with Crippen LogP contribution in [0, 0.1) is 12.7 Å². The molecule has 2 aromatic carbocycles. The summed E-state index contributed by atoms with van der Waals surface area (Å²) in [4.78, 5) is 12.1. The summed E-state index contributed by atoms with van der Waals surface area (Å²) in [6.07, 6.45) is 0. The molecule has 0 atom stereocenters. The number of nitrogens with one attached hydrogen (secondary N) is 1. The molecule has 20 heavy (non-hydrogen) atoms. The van der Waals surface area contributed by atoms with Gasteiger partial charge in [0, 0.05) is 10.7 Å². The van der Waals surface area contributed by atoms with E-state index < -0.39 is 11.7 Å². The van der Waals surface area contributed by atoms with Crippen LogP contribution in [0.5, 0.6) is 0 Å². The van der Waals surface area contributed by atoms with Gasteiger partial charge in [0.1, 0.15) is 5.82 Å². The Hall–Kier alpha value is -1.10. The summed E-state index contributed by atoms with van der Waals surface area (Å²) in [7, 11) is 0. The molecule has 1 N–H and O–H groups in total. The topological polar surface area (TPSA) is 29.1 Å². The van der Waals surface area contributed by atoms with Crippen molar-refractivity contribution in [3.8, 4) is 0 Å². The Kier molecular flexibility index (Phi) is 4.68. The van der Waals surface area contributed by atoms with Gasteiger partial charge in [-0.25, -0.2) is 4.39 Å². The van der Waals surface area contributed by atoms with Crippen LogP contribution in [0.15, 0.2) is 34.8 Å². The first-order valence-electron chi connectivity index (χ1n) is 5.60. The smallest absolute Gasteiger partial charge is 0.257 e. The van der Waals surface area contributed by atoms with Crippen LogP contribution in [-0.2, 0) is 0 Å². The van der Waals surface area contributed by atoms with Crippen LogP contribution in [0.2, 0.25) is 10.0 Å². The third kappa shape index (κ3) is 3.32. The molecule has 2 rings (SSSR count). The lowest BCUT2D eigenvalue weighted by atomic mass is 10.1. The fourth-order valence-corrected chi connectivity index (χ4v) is 2.48. The number of amides is 1. The predicted octanol–water partition coefficient (Wildman–Crippen LogP) is 5.46. The second-order valence-corrected chi connectivity index (χ2v) is 5.86. The van der Waals surface area contributed by atoms with E-state index in [1.807, 2.05) is 0 Å². The highest BCUT2D eigenvalue weighted by atomic mass is 79.9. The third-order valence-electron chi connectivity index (χ3n) is 2.69. The van der Waals surface area contributed by atoms with E-state index in [0.29, 0.717) is 15.2 Å². The zero-order valence-electron chi connectivity index (χ0n) is 10.3. The molecule has 0 heterocycles. The number of carbonyl (C=O) groups is 1. The van der Waals surface area contributed by atoms with Crippen LogP contribution in [-0.4, -0.2) is 5.91 Å². The number of rotatable bonds is 2. The van der Waals surface area contributed by atoms with E-state index in [1.54, 1.807) is 19.1 Å². The first-order valence-corrected chi connectivity index (χ1v) is 7.15. The Morgan fingerprint density at radius 2 is 1.95 bits per heavy atom. The first kappa shape index (κ1) is 15.3. The van der Waals surface area contributed by atoms with E-state index in [4.69, 9.17) is 23.2 Å². The van der Waals surface area contributed by atoms with Crippen molar-refractivity contribution in [1.29, 1.82) is 0 Å². The zero-order chi connectivity index (χ0) is 14.9. The molecule has 0 radical (unpaired) electrons. The molecule has 0 aliphatic heterocycles. The highest BCUT2D eigenvalue weighted by molar-refractivity contribution is 9.10. The Morgan fingerprint density at radius 3 is 2.65 bits per heavy atom. The van der Waals surface area contributed by atoms with E-state index in [1.165, 1.54) is 18.2 Å². The number of hydrogen-bond donors (Lipinski definition) is 1. The molecule has 2 aromatic rings. The molecule has 0 spiro atoms. The maximum atomic E-state index is 13.5. The normalized spacial score (nSPS) is 10.4. The standard InChI is InChI=1S/C14H9BrCl2FNO/c1-7-4-10(15)12(18)6-13(7)19-14(20)9-5-8(16)2-3-11(9)17/h2-6H,1H3,(H,19,20). The van der Waals surface area contributed by atoms with Crippen molar-refractivity contribution >= 4 is 50.7 Å². The molecule has 0 aliphatic rings. The summed E-state index contributed by atoms with van der Waals surface area (Å²) >= 11 is 14.9. The number of benzene rings is 2. The minimum absolute atomic E-state index is 0.238. The van der Waals surface area contributed by atoms with Crippen molar-refractivity contribution < 1.29 is 9.18 Å². The third-order valence-corrected chi connectivity index (χ3v) is 3.86. The SMILES string of the molecule is Cc1cc(Br)c(F)cc1NC(=O)c1cc(Cl)ccc1Cl. The van der Waals surface area contributed by atoms with E-state index in [0.717, 1.165) is 5.56 Å². The average molecular weight is 377 g/mol. The van der Waals surface area contributed by atoms with Crippen LogP contribution in [0.1, 0.15) is 15.9 Å². The molecule has 0 aliphatic carbocycles. The summed E-state index contributed by atoms with van der Waals surface area (Å²) < 4.78 is 13.9. The minimum Gasteiger partial charge on any atom is -0.322 e. The second kappa shape index (κ2) is 6.12. The van der Waals surface area contributed by atoms with Gasteiger partial charge in [-0.1, -0.05) is 23.2 Å². The van der Waals surface area contributed by atoms with Crippen LogP contribution in [0.3, 0.4) is 0 Å². The predicted molar refractivity (Wildman–Crippen MR) is 83.3 cm³/mol. The summed E-state index contributed by atoms with van der Waals surface area (Å²) in [5, 5.41) is 3.30. The van der Waals surface area contributed by atoms with Crippen LogP contribution in [0.4, 0.5) is 10.1 Å². The van der Waals surface area contributed by atoms with Crippen molar-refractivity contribution in [2.75, 3.05) is 5.32 Å². The molecule has 1 amide bonds. The van der Waals surface area contributed by atoms with Gasteiger partial charge in [0.2, 0.25) is 0 Å². The summed E-state index contributed by atoms with van der Waals surface area (Å²) in [6.45, 7) is 1.76. The Morgan fingerprint density at radius 1 is 1.25 bits per heavy atom. The quantitative estimate of drug-likeness (QED) is 0.741. The van der Waals surface area contributed by atoms with Gasteiger partial charge in [-0.3, -0.25) is 4.79 Å². The van der Waals surface area contributed by atoms with Gasteiger partial charge in [-0.2, -0.15) is 0 Å². The first-order chi connectivity index (χ1) is 9.38. The zero-order valence-corrected chi connectivity index (χ0v) is 13.4. The average Bonchev–Trinajstić information content (AvgIpc) is 2.38. The van der Waals surface area contributed by atoms with Crippen molar-refractivity contribution in [3.05, 3.63) is 61.8 Å². The number of carbonyl (C=O) groups excluding carboxylic acids is 1. The Labute approximate surface area is 134 Å². The van der Waals surface area contributed by atoms with Gasteiger partial charge < -0.3 is 5.32 Å². The van der Waals surface area contributed by atoms with E-state index in [9.17, 15) is 9.18 Å². The molecule has 104 valence electrons. The number of aryl methyl sites for hydroxylation is 1. The number of hydrogen-bond acceptors (Lipinski definition) is 1. The summed E-state index contributed by atoms with van der Waals surface area (Å²) in [6, 6.07) is 7.42. The molecule has 0 aromatic heterocycles. The molecule has 2 nitrogen and oxygen atoms in total. The van der Waals surface area contributed by atoms with Gasteiger partial charge in [-0.05, 0) is 58.7 Å².